The second-order valence-electron chi connectivity index (χ2n) is 5.44. The van der Waals surface area contributed by atoms with Crippen molar-refractivity contribution in [2.24, 2.45) is 5.14 Å². The van der Waals surface area contributed by atoms with E-state index in [4.69, 9.17) is 26.2 Å². The average molecular weight is 413 g/mol. The van der Waals surface area contributed by atoms with Crippen molar-refractivity contribution in [3.05, 3.63) is 53.6 Å². The molecule has 0 aliphatic heterocycles. The molecule has 0 bridgehead atoms. The first kappa shape index (κ1) is 20.7. The quantitative estimate of drug-likeness (QED) is 0.669. The molecule has 0 spiro atoms. The lowest BCUT2D eigenvalue weighted by Crippen LogP contribution is -2.31. The second kappa shape index (κ2) is 8.85. The van der Waals surface area contributed by atoms with Gasteiger partial charge in [0.2, 0.25) is 10.0 Å². The fourth-order valence-corrected chi connectivity index (χ4v) is 2.65. The third-order valence-electron chi connectivity index (χ3n) is 3.28. The molecule has 0 saturated carbocycles. The molecule has 2 rings (SSSR count). The summed E-state index contributed by atoms with van der Waals surface area (Å²) < 4.78 is 32.6. The highest BCUT2D eigenvalue weighted by molar-refractivity contribution is 7.89. The Balaban J connectivity index is 1.84. The number of ether oxygens (including phenoxy) is 2. The summed E-state index contributed by atoms with van der Waals surface area (Å²) in [7, 11) is -3.82. The fourth-order valence-electron chi connectivity index (χ4n) is 1.96. The minimum Gasteiger partial charge on any atom is -0.482 e. The molecule has 8 nitrogen and oxygen atoms in total. The Hall–Kier alpha value is -2.62. The van der Waals surface area contributed by atoms with E-state index in [9.17, 15) is 18.0 Å². The van der Waals surface area contributed by atoms with Crippen molar-refractivity contribution < 1.29 is 27.5 Å². The van der Waals surface area contributed by atoms with Crippen molar-refractivity contribution in [3.63, 3.8) is 0 Å². The molecule has 0 fully saturated rings. The zero-order chi connectivity index (χ0) is 20.0. The summed E-state index contributed by atoms with van der Waals surface area (Å²) in [6, 6.07) is 11.7. The number of hydrogen-bond acceptors (Lipinski definition) is 6. The SMILES string of the molecule is C[C@@H](OC(=O)COc1cccc(Cl)c1)C(=O)Nc1ccc(S(N)(=O)=O)cc1. The van der Waals surface area contributed by atoms with Crippen LogP contribution in [0.2, 0.25) is 5.02 Å². The van der Waals surface area contributed by atoms with E-state index >= 15 is 0 Å². The van der Waals surface area contributed by atoms with Crippen molar-refractivity contribution in [3.8, 4) is 5.75 Å². The van der Waals surface area contributed by atoms with Crippen LogP contribution in [0.15, 0.2) is 53.4 Å². The Bertz CT molecular complexity index is 931. The Morgan fingerprint density at radius 3 is 2.44 bits per heavy atom. The van der Waals surface area contributed by atoms with Crippen LogP contribution in [0.25, 0.3) is 0 Å². The molecule has 27 heavy (non-hydrogen) atoms. The van der Waals surface area contributed by atoms with Crippen LogP contribution < -0.4 is 15.2 Å². The largest absolute Gasteiger partial charge is 0.482 e. The molecule has 2 aromatic rings. The summed E-state index contributed by atoms with van der Waals surface area (Å²) in [5.41, 5.74) is 0.325. The summed E-state index contributed by atoms with van der Waals surface area (Å²) in [5.74, 6) is -0.928. The summed E-state index contributed by atoms with van der Waals surface area (Å²) in [6.45, 7) is 1.01. The number of sulfonamides is 1. The van der Waals surface area contributed by atoms with Crippen LogP contribution in [-0.2, 0) is 24.3 Å². The Kier molecular flexibility index (Phi) is 6.78. The summed E-state index contributed by atoms with van der Waals surface area (Å²) in [6.07, 6.45) is -1.08. The van der Waals surface area contributed by atoms with Gasteiger partial charge in [-0.2, -0.15) is 0 Å². The van der Waals surface area contributed by atoms with E-state index in [-0.39, 0.29) is 11.5 Å². The number of hydrogen-bond donors (Lipinski definition) is 2. The van der Waals surface area contributed by atoms with Crippen LogP contribution in [-0.4, -0.2) is 33.0 Å². The molecule has 2 aromatic carbocycles. The minimum absolute atomic E-state index is 0.0851. The molecule has 3 N–H and O–H groups in total. The first-order chi connectivity index (χ1) is 12.6. The molecular formula is C17H17ClN2O6S. The molecule has 0 heterocycles. The predicted octanol–water partition coefficient (Wildman–Crippen LogP) is 1.94. The van der Waals surface area contributed by atoms with E-state index in [1.165, 1.54) is 37.3 Å². The number of benzene rings is 2. The fraction of sp³-hybridized carbons (Fsp3) is 0.176. The summed E-state index contributed by atoms with van der Waals surface area (Å²) in [5, 5.41) is 7.96. The average Bonchev–Trinajstić information content (AvgIpc) is 2.59. The topological polar surface area (TPSA) is 125 Å². The zero-order valence-corrected chi connectivity index (χ0v) is 15.8. The van der Waals surface area contributed by atoms with Crippen LogP contribution in [0, 0.1) is 0 Å². The van der Waals surface area contributed by atoms with Gasteiger partial charge in [-0.25, -0.2) is 18.4 Å². The number of amides is 1. The second-order valence-corrected chi connectivity index (χ2v) is 7.43. The maximum absolute atomic E-state index is 12.1. The van der Waals surface area contributed by atoms with E-state index in [2.05, 4.69) is 5.32 Å². The Morgan fingerprint density at radius 2 is 1.85 bits per heavy atom. The first-order valence-corrected chi connectivity index (χ1v) is 9.59. The molecule has 0 radical (unpaired) electrons. The molecule has 1 amide bonds. The highest BCUT2D eigenvalue weighted by Gasteiger charge is 2.18. The highest BCUT2D eigenvalue weighted by atomic mass is 35.5. The maximum Gasteiger partial charge on any atom is 0.344 e. The Labute approximate surface area is 161 Å². The van der Waals surface area contributed by atoms with Crippen LogP contribution in [0.3, 0.4) is 0 Å². The number of esters is 1. The van der Waals surface area contributed by atoms with Crippen molar-refractivity contribution in [1.29, 1.82) is 0 Å². The van der Waals surface area contributed by atoms with Gasteiger partial charge in [0.1, 0.15) is 5.75 Å². The van der Waals surface area contributed by atoms with Gasteiger partial charge in [0.25, 0.3) is 5.91 Å². The predicted molar refractivity (Wildman–Crippen MR) is 98.9 cm³/mol. The van der Waals surface area contributed by atoms with Gasteiger partial charge in [-0.3, -0.25) is 4.79 Å². The third-order valence-corrected chi connectivity index (χ3v) is 4.44. The van der Waals surface area contributed by atoms with Crippen molar-refractivity contribution >= 4 is 39.2 Å². The van der Waals surface area contributed by atoms with Gasteiger partial charge in [0.05, 0.1) is 4.90 Å². The molecule has 0 aliphatic rings. The molecule has 0 aliphatic carbocycles. The number of nitrogens with one attached hydrogen (secondary N) is 1. The standard InChI is InChI=1S/C17H17ClN2O6S/c1-11(26-16(21)10-25-14-4-2-3-12(18)9-14)17(22)20-13-5-7-15(8-6-13)27(19,23)24/h2-9,11H,10H2,1H3,(H,20,22)(H2,19,23,24)/t11-/m1/s1. The van der Waals surface area contributed by atoms with Crippen LogP contribution in [0.5, 0.6) is 5.75 Å². The lowest BCUT2D eigenvalue weighted by molar-refractivity contribution is -0.155. The van der Waals surface area contributed by atoms with Gasteiger partial charge < -0.3 is 14.8 Å². The van der Waals surface area contributed by atoms with Gasteiger partial charge in [-0.15, -0.1) is 0 Å². The van der Waals surface area contributed by atoms with E-state index in [1.54, 1.807) is 18.2 Å². The monoisotopic (exact) mass is 412 g/mol. The van der Waals surface area contributed by atoms with E-state index in [0.29, 0.717) is 16.5 Å². The normalized spacial score (nSPS) is 12.1. The molecule has 10 heteroatoms. The molecular weight excluding hydrogens is 396 g/mol. The summed E-state index contributed by atoms with van der Waals surface area (Å²) in [4.78, 5) is 23.8. The smallest absolute Gasteiger partial charge is 0.344 e. The maximum atomic E-state index is 12.1. The lowest BCUT2D eigenvalue weighted by atomic mass is 10.3. The van der Waals surface area contributed by atoms with Gasteiger partial charge in [0, 0.05) is 10.7 Å². The van der Waals surface area contributed by atoms with Gasteiger partial charge in [0.15, 0.2) is 12.7 Å². The van der Waals surface area contributed by atoms with Gasteiger partial charge in [-0.05, 0) is 49.4 Å². The van der Waals surface area contributed by atoms with Crippen LogP contribution in [0.1, 0.15) is 6.92 Å². The first-order valence-electron chi connectivity index (χ1n) is 7.67. The summed E-state index contributed by atoms with van der Waals surface area (Å²) >= 11 is 5.81. The van der Waals surface area contributed by atoms with E-state index in [0.717, 1.165) is 0 Å². The van der Waals surface area contributed by atoms with Crippen molar-refractivity contribution in [2.45, 2.75) is 17.9 Å². The lowest BCUT2D eigenvalue weighted by Gasteiger charge is -2.14. The molecule has 0 saturated heterocycles. The van der Waals surface area contributed by atoms with Crippen LogP contribution >= 0.6 is 11.6 Å². The van der Waals surface area contributed by atoms with Gasteiger partial charge >= 0.3 is 5.97 Å². The third kappa shape index (κ3) is 6.55. The number of carbonyl (C=O) groups excluding carboxylic acids is 2. The molecule has 144 valence electrons. The zero-order valence-electron chi connectivity index (χ0n) is 14.2. The van der Waals surface area contributed by atoms with Crippen molar-refractivity contribution in [1.82, 2.24) is 0 Å². The van der Waals surface area contributed by atoms with Crippen LogP contribution in [0.4, 0.5) is 5.69 Å². The number of nitrogens with two attached hydrogens (primary N) is 1. The highest BCUT2D eigenvalue weighted by Crippen LogP contribution is 2.17. The number of primary sulfonamides is 1. The number of halogens is 1. The molecule has 0 unspecified atom stereocenters. The molecule has 1 atom stereocenters. The molecule has 0 aromatic heterocycles. The number of anilines is 1. The minimum atomic E-state index is -3.82. The van der Waals surface area contributed by atoms with Gasteiger partial charge in [-0.1, -0.05) is 17.7 Å². The van der Waals surface area contributed by atoms with E-state index < -0.39 is 28.0 Å². The number of rotatable bonds is 7. The van der Waals surface area contributed by atoms with E-state index in [1.807, 2.05) is 0 Å². The van der Waals surface area contributed by atoms with Crippen molar-refractivity contribution in [2.75, 3.05) is 11.9 Å². The Morgan fingerprint density at radius 1 is 1.19 bits per heavy atom. The number of carbonyl (C=O) groups is 2.